The highest BCUT2D eigenvalue weighted by atomic mass is 35.5. The van der Waals surface area contributed by atoms with Gasteiger partial charge in [-0.05, 0) is 43.2 Å². The number of hydrogen-bond donors (Lipinski definition) is 0. The second kappa shape index (κ2) is 8.33. The number of methoxy groups -OCH3 is 1. The highest BCUT2D eigenvalue weighted by Gasteiger charge is 2.34. The number of rotatable bonds is 5. The average molecular weight is 452 g/mol. The summed E-state index contributed by atoms with van der Waals surface area (Å²) in [6, 6.07) is 10.7. The zero-order valence-corrected chi connectivity index (χ0v) is 17.7. The summed E-state index contributed by atoms with van der Waals surface area (Å²) in [6.07, 6.45) is 1.00. The Morgan fingerprint density at radius 1 is 1.17 bits per heavy atom. The molecule has 0 aliphatic carbocycles. The summed E-state index contributed by atoms with van der Waals surface area (Å²) in [7, 11) is -2.35. The van der Waals surface area contributed by atoms with Crippen molar-refractivity contribution in [3.63, 3.8) is 0 Å². The van der Waals surface area contributed by atoms with Crippen molar-refractivity contribution in [1.29, 1.82) is 0 Å². The minimum atomic E-state index is -3.77. The second-order valence-electron chi connectivity index (χ2n) is 6.90. The molecule has 0 amide bonds. The van der Waals surface area contributed by atoms with Gasteiger partial charge in [0, 0.05) is 24.0 Å². The van der Waals surface area contributed by atoms with E-state index in [0.29, 0.717) is 23.8 Å². The van der Waals surface area contributed by atoms with Gasteiger partial charge < -0.3 is 9.15 Å². The topological polar surface area (TPSA) is 85.5 Å². The number of nitrogens with zero attached hydrogens (tertiary/aromatic N) is 3. The molecule has 2 aromatic carbocycles. The lowest BCUT2D eigenvalue weighted by Gasteiger charge is -2.30. The molecule has 10 heteroatoms. The smallest absolute Gasteiger partial charge is 0.250 e. The van der Waals surface area contributed by atoms with Crippen LogP contribution in [0.3, 0.4) is 0 Å². The monoisotopic (exact) mass is 451 g/mol. The lowest BCUT2D eigenvalue weighted by Crippen LogP contribution is -2.38. The van der Waals surface area contributed by atoms with Gasteiger partial charge in [0.25, 0.3) is 5.89 Å². The van der Waals surface area contributed by atoms with Crippen molar-refractivity contribution in [3.8, 4) is 17.2 Å². The number of hydrogen-bond acceptors (Lipinski definition) is 6. The number of piperidine rings is 1. The van der Waals surface area contributed by atoms with Gasteiger partial charge in [0.1, 0.15) is 16.5 Å². The van der Waals surface area contributed by atoms with Crippen LogP contribution in [0.5, 0.6) is 5.75 Å². The fourth-order valence-corrected chi connectivity index (χ4v) is 5.37. The second-order valence-corrected chi connectivity index (χ2v) is 9.24. The molecule has 0 bridgehead atoms. The molecule has 1 aromatic heterocycles. The van der Waals surface area contributed by atoms with Crippen molar-refractivity contribution in [2.24, 2.45) is 0 Å². The first-order valence-electron chi connectivity index (χ1n) is 9.32. The van der Waals surface area contributed by atoms with Crippen LogP contribution in [0.1, 0.15) is 24.7 Å². The van der Waals surface area contributed by atoms with Gasteiger partial charge in [-0.15, -0.1) is 10.2 Å². The molecule has 0 N–H and O–H groups in total. The molecule has 4 rings (SSSR count). The standard InChI is InChI=1S/C20H19ClFN3O4S/c1-28-17-7-6-14(21)12-18(17)30(26,27)25-10-8-13(9-11-25)19-23-24-20(29-19)15-4-2-3-5-16(15)22/h2-7,12-13H,8-11H2,1H3. The van der Waals surface area contributed by atoms with Crippen LogP contribution in [-0.4, -0.2) is 43.1 Å². The molecule has 1 saturated heterocycles. The summed E-state index contributed by atoms with van der Waals surface area (Å²) < 4.78 is 52.4. The van der Waals surface area contributed by atoms with Gasteiger partial charge in [-0.25, -0.2) is 12.8 Å². The largest absolute Gasteiger partial charge is 0.495 e. The van der Waals surface area contributed by atoms with Crippen LogP contribution in [0.25, 0.3) is 11.5 Å². The molecule has 0 saturated carbocycles. The molecular formula is C20H19ClFN3O4S. The first-order chi connectivity index (χ1) is 14.4. The highest BCUT2D eigenvalue weighted by Crippen LogP contribution is 2.35. The van der Waals surface area contributed by atoms with E-state index in [-0.39, 0.29) is 41.1 Å². The Bertz CT molecular complexity index is 1160. The van der Waals surface area contributed by atoms with Crippen LogP contribution in [0.2, 0.25) is 5.02 Å². The summed E-state index contributed by atoms with van der Waals surface area (Å²) >= 11 is 5.99. The predicted octanol–water partition coefficient (Wildman–Crippen LogP) is 4.11. The predicted molar refractivity (Wildman–Crippen MR) is 108 cm³/mol. The third kappa shape index (κ3) is 3.92. The van der Waals surface area contributed by atoms with Crippen molar-refractivity contribution >= 4 is 21.6 Å². The van der Waals surface area contributed by atoms with Crippen LogP contribution in [0.15, 0.2) is 51.8 Å². The van der Waals surface area contributed by atoms with Crippen molar-refractivity contribution < 1.29 is 22.0 Å². The van der Waals surface area contributed by atoms with E-state index < -0.39 is 15.8 Å². The fraction of sp³-hybridized carbons (Fsp3) is 0.300. The minimum Gasteiger partial charge on any atom is -0.495 e. The van der Waals surface area contributed by atoms with Crippen molar-refractivity contribution in [3.05, 3.63) is 59.2 Å². The molecule has 3 aromatic rings. The molecule has 0 radical (unpaired) electrons. The first-order valence-corrected chi connectivity index (χ1v) is 11.1. The van der Waals surface area contributed by atoms with Gasteiger partial charge >= 0.3 is 0 Å². The lowest BCUT2D eigenvalue weighted by molar-refractivity contribution is 0.290. The zero-order chi connectivity index (χ0) is 21.3. The van der Waals surface area contributed by atoms with Crippen LogP contribution < -0.4 is 4.74 Å². The van der Waals surface area contributed by atoms with Gasteiger partial charge in [-0.1, -0.05) is 23.7 Å². The molecule has 0 spiro atoms. The van der Waals surface area contributed by atoms with Gasteiger partial charge in [0.05, 0.1) is 12.7 Å². The SMILES string of the molecule is COc1ccc(Cl)cc1S(=O)(=O)N1CCC(c2nnc(-c3ccccc3F)o2)CC1. The summed E-state index contributed by atoms with van der Waals surface area (Å²) in [5, 5.41) is 8.32. The maximum absolute atomic E-state index is 13.9. The van der Waals surface area contributed by atoms with Crippen LogP contribution in [-0.2, 0) is 10.0 Å². The Labute approximate surface area is 178 Å². The highest BCUT2D eigenvalue weighted by molar-refractivity contribution is 7.89. The summed E-state index contributed by atoms with van der Waals surface area (Å²) in [5.41, 5.74) is 0.240. The zero-order valence-electron chi connectivity index (χ0n) is 16.1. The number of aromatic nitrogens is 2. The van der Waals surface area contributed by atoms with Crippen LogP contribution >= 0.6 is 11.6 Å². The van der Waals surface area contributed by atoms with E-state index in [1.807, 2.05) is 0 Å². The third-order valence-electron chi connectivity index (χ3n) is 5.09. The van der Waals surface area contributed by atoms with Gasteiger partial charge in [-0.2, -0.15) is 4.31 Å². The summed E-state index contributed by atoms with van der Waals surface area (Å²) in [4.78, 5) is 0.0376. The Hall–Kier alpha value is -2.49. The van der Waals surface area contributed by atoms with Gasteiger partial charge in [0.15, 0.2) is 0 Å². The first kappa shape index (κ1) is 20.8. The molecule has 7 nitrogen and oxygen atoms in total. The fourth-order valence-electron chi connectivity index (χ4n) is 3.48. The van der Waals surface area contributed by atoms with Crippen LogP contribution in [0.4, 0.5) is 4.39 Å². The molecule has 0 atom stereocenters. The maximum Gasteiger partial charge on any atom is 0.250 e. The van der Waals surface area contributed by atoms with Crippen molar-refractivity contribution in [2.75, 3.05) is 20.2 Å². The third-order valence-corrected chi connectivity index (χ3v) is 7.25. The Morgan fingerprint density at radius 2 is 1.90 bits per heavy atom. The quantitative estimate of drug-likeness (QED) is 0.580. The van der Waals surface area contributed by atoms with Crippen molar-refractivity contribution in [2.45, 2.75) is 23.7 Å². The summed E-state index contributed by atoms with van der Waals surface area (Å²) in [5.74, 6) is 0.190. The van der Waals surface area contributed by atoms with E-state index >= 15 is 0 Å². The normalized spacial score (nSPS) is 16.0. The van der Waals surface area contributed by atoms with Gasteiger partial charge in [-0.3, -0.25) is 0 Å². The maximum atomic E-state index is 13.9. The van der Waals surface area contributed by atoms with Crippen LogP contribution in [0, 0.1) is 5.82 Å². The molecular weight excluding hydrogens is 433 g/mol. The number of halogens is 2. The number of benzene rings is 2. The molecule has 1 aliphatic rings. The van der Waals surface area contributed by atoms with E-state index in [1.54, 1.807) is 24.3 Å². The number of ether oxygens (including phenoxy) is 1. The Morgan fingerprint density at radius 3 is 2.60 bits per heavy atom. The number of sulfonamides is 1. The minimum absolute atomic E-state index is 0.0376. The molecule has 158 valence electrons. The van der Waals surface area contributed by atoms with E-state index in [9.17, 15) is 12.8 Å². The molecule has 1 fully saturated rings. The van der Waals surface area contributed by atoms with E-state index in [0.717, 1.165) is 0 Å². The van der Waals surface area contributed by atoms with Crippen molar-refractivity contribution in [1.82, 2.24) is 14.5 Å². The molecule has 30 heavy (non-hydrogen) atoms. The average Bonchev–Trinajstić information content (AvgIpc) is 3.24. The van der Waals surface area contributed by atoms with E-state index in [2.05, 4.69) is 10.2 Å². The Balaban J connectivity index is 1.50. The molecule has 0 unspecified atom stereocenters. The van der Waals surface area contributed by atoms with E-state index in [4.69, 9.17) is 20.8 Å². The lowest BCUT2D eigenvalue weighted by atomic mass is 9.98. The molecule has 2 heterocycles. The Kier molecular flexibility index (Phi) is 5.77. The summed E-state index contributed by atoms with van der Waals surface area (Å²) in [6.45, 7) is 0.556. The van der Waals surface area contributed by atoms with E-state index in [1.165, 1.54) is 29.6 Å². The molecule has 1 aliphatic heterocycles. The van der Waals surface area contributed by atoms with Gasteiger partial charge in [0.2, 0.25) is 15.9 Å².